The van der Waals surface area contributed by atoms with Gasteiger partial charge in [-0.15, -0.1) is 0 Å². The molecule has 2 aliphatic rings. The van der Waals surface area contributed by atoms with Crippen molar-refractivity contribution in [3.8, 4) is 0 Å². The Kier molecular flexibility index (Phi) is 4.80. The first-order valence-electron chi connectivity index (χ1n) is 6.90. The molecule has 3 atom stereocenters. The Morgan fingerprint density at radius 3 is 2.82 bits per heavy atom. The summed E-state index contributed by atoms with van der Waals surface area (Å²) < 4.78 is 5.60. The zero-order chi connectivity index (χ0) is 12.1. The van der Waals surface area contributed by atoms with E-state index in [0.29, 0.717) is 6.54 Å². The fourth-order valence-electron chi connectivity index (χ4n) is 2.79. The van der Waals surface area contributed by atoms with Gasteiger partial charge in [-0.25, -0.2) is 0 Å². The lowest BCUT2D eigenvalue weighted by atomic mass is 9.85. The van der Waals surface area contributed by atoms with Gasteiger partial charge in [-0.1, -0.05) is 6.42 Å². The van der Waals surface area contributed by atoms with Gasteiger partial charge in [0.15, 0.2) is 0 Å². The van der Waals surface area contributed by atoms with Gasteiger partial charge in [0.05, 0.1) is 6.10 Å². The molecule has 1 saturated carbocycles. The molecular formula is C13H24N2O2. The molecule has 0 aromatic rings. The topological polar surface area (TPSA) is 64.4 Å². The number of ether oxygens (including phenoxy) is 1. The Hall–Kier alpha value is -0.610. The van der Waals surface area contributed by atoms with E-state index in [1.165, 1.54) is 6.42 Å². The van der Waals surface area contributed by atoms with Gasteiger partial charge in [0.2, 0.25) is 5.91 Å². The minimum atomic E-state index is 0.127. The standard InChI is InChI=1S/C13H24N2O2/c14-11-5-3-4-10(8-11)13(16)15-9-12-6-1-2-7-17-12/h10-12H,1-9,14H2,(H,15,16). The van der Waals surface area contributed by atoms with Crippen LogP contribution >= 0.6 is 0 Å². The number of amides is 1. The Balaban J connectivity index is 1.69. The fourth-order valence-corrected chi connectivity index (χ4v) is 2.79. The second-order valence-corrected chi connectivity index (χ2v) is 5.36. The Labute approximate surface area is 103 Å². The van der Waals surface area contributed by atoms with E-state index >= 15 is 0 Å². The predicted octanol–water partition coefficient (Wildman–Crippen LogP) is 1.19. The zero-order valence-corrected chi connectivity index (χ0v) is 10.5. The summed E-state index contributed by atoms with van der Waals surface area (Å²) in [5, 5.41) is 3.02. The van der Waals surface area contributed by atoms with Crippen LogP contribution in [-0.2, 0) is 9.53 Å². The Morgan fingerprint density at radius 2 is 2.12 bits per heavy atom. The van der Waals surface area contributed by atoms with Gasteiger partial charge >= 0.3 is 0 Å². The lowest BCUT2D eigenvalue weighted by molar-refractivity contribution is -0.127. The van der Waals surface area contributed by atoms with Crippen LogP contribution in [0.1, 0.15) is 44.9 Å². The van der Waals surface area contributed by atoms with Gasteiger partial charge in [0, 0.05) is 25.1 Å². The van der Waals surface area contributed by atoms with Gasteiger partial charge in [-0.05, 0) is 38.5 Å². The quantitative estimate of drug-likeness (QED) is 0.779. The molecule has 3 unspecified atom stereocenters. The fraction of sp³-hybridized carbons (Fsp3) is 0.923. The molecule has 1 aliphatic heterocycles. The van der Waals surface area contributed by atoms with Crippen molar-refractivity contribution >= 4 is 5.91 Å². The summed E-state index contributed by atoms with van der Waals surface area (Å²) in [6.07, 6.45) is 7.66. The average molecular weight is 240 g/mol. The molecule has 3 N–H and O–H groups in total. The maximum atomic E-state index is 12.0. The van der Waals surface area contributed by atoms with E-state index < -0.39 is 0 Å². The summed E-state index contributed by atoms with van der Waals surface area (Å²) >= 11 is 0. The normalized spacial score (nSPS) is 34.3. The number of carbonyl (C=O) groups excluding carboxylic acids is 1. The summed E-state index contributed by atoms with van der Waals surface area (Å²) in [7, 11) is 0. The first-order valence-corrected chi connectivity index (χ1v) is 6.90. The number of carbonyl (C=O) groups is 1. The molecule has 0 bridgehead atoms. The van der Waals surface area contributed by atoms with Crippen LogP contribution in [0.2, 0.25) is 0 Å². The molecule has 0 radical (unpaired) electrons. The van der Waals surface area contributed by atoms with E-state index in [-0.39, 0.29) is 24.0 Å². The van der Waals surface area contributed by atoms with Crippen LogP contribution < -0.4 is 11.1 Å². The molecule has 17 heavy (non-hydrogen) atoms. The molecule has 0 aromatic heterocycles. The summed E-state index contributed by atoms with van der Waals surface area (Å²) in [6, 6.07) is 0.213. The number of nitrogens with one attached hydrogen (secondary N) is 1. The van der Waals surface area contributed by atoms with Crippen LogP contribution in [0.25, 0.3) is 0 Å². The van der Waals surface area contributed by atoms with Crippen LogP contribution in [0.3, 0.4) is 0 Å². The molecule has 98 valence electrons. The van der Waals surface area contributed by atoms with E-state index in [9.17, 15) is 4.79 Å². The molecule has 4 heteroatoms. The van der Waals surface area contributed by atoms with E-state index in [4.69, 9.17) is 10.5 Å². The van der Waals surface area contributed by atoms with Crippen molar-refractivity contribution in [2.75, 3.05) is 13.2 Å². The number of rotatable bonds is 3. The second kappa shape index (κ2) is 6.36. The second-order valence-electron chi connectivity index (χ2n) is 5.36. The van der Waals surface area contributed by atoms with Crippen LogP contribution in [0.5, 0.6) is 0 Å². The van der Waals surface area contributed by atoms with E-state index in [1.807, 2.05) is 0 Å². The molecule has 2 fully saturated rings. The van der Waals surface area contributed by atoms with Crippen molar-refractivity contribution in [3.05, 3.63) is 0 Å². The van der Waals surface area contributed by atoms with Gasteiger partial charge < -0.3 is 15.8 Å². The van der Waals surface area contributed by atoms with Crippen LogP contribution in [0, 0.1) is 5.92 Å². The zero-order valence-electron chi connectivity index (χ0n) is 10.5. The lowest BCUT2D eigenvalue weighted by Crippen LogP contribution is -2.41. The molecule has 1 aliphatic carbocycles. The Bertz CT molecular complexity index is 252. The highest BCUT2D eigenvalue weighted by Crippen LogP contribution is 2.23. The Morgan fingerprint density at radius 1 is 1.24 bits per heavy atom. The van der Waals surface area contributed by atoms with Crippen molar-refractivity contribution in [1.29, 1.82) is 0 Å². The first kappa shape index (κ1) is 12.8. The molecule has 1 amide bonds. The van der Waals surface area contributed by atoms with Crippen molar-refractivity contribution in [3.63, 3.8) is 0 Å². The minimum absolute atomic E-state index is 0.127. The molecule has 4 nitrogen and oxygen atoms in total. The molecule has 0 aromatic carbocycles. The monoisotopic (exact) mass is 240 g/mol. The van der Waals surface area contributed by atoms with Crippen LogP contribution in [0.4, 0.5) is 0 Å². The van der Waals surface area contributed by atoms with Gasteiger partial charge in [-0.3, -0.25) is 4.79 Å². The molecule has 0 spiro atoms. The van der Waals surface area contributed by atoms with Crippen molar-refractivity contribution in [2.24, 2.45) is 11.7 Å². The van der Waals surface area contributed by atoms with E-state index in [0.717, 1.165) is 45.1 Å². The lowest BCUT2D eigenvalue weighted by Gasteiger charge is -2.27. The third-order valence-electron chi connectivity index (χ3n) is 3.86. The summed E-state index contributed by atoms with van der Waals surface area (Å²) in [4.78, 5) is 12.0. The third-order valence-corrected chi connectivity index (χ3v) is 3.86. The molecular weight excluding hydrogens is 216 g/mol. The first-order chi connectivity index (χ1) is 8.25. The van der Waals surface area contributed by atoms with Gasteiger partial charge in [-0.2, -0.15) is 0 Å². The number of hydrogen-bond donors (Lipinski definition) is 2. The van der Waals surface area contributed by atoms with Crippen molar-refractivity contribution in [1.82, 2.24) is 5.32 Å². The largest absolute Gasteiger partial charge is 0.376 e. The van der Waals surface area contributed by atoms with E-state index in [2.05, 4.69) is 5.32 Å². The van der Waals surface area contributed by atoms with Crippen LogP contribution in [0.15, 0.2) is 0 Å². The summed E-state index contributed by atoms with van der Waals surface area (Å²) in [6.45, 7) is 1.51. The van der Waals surface area contributed by atoms with Gasteiger partial charge in [0.25, 0.3) is 0 Å². The average Bonchev–Trinajstić information content (AvgIpc) is 2.37. The number of nitrogens with two attached hydrogens (primary N) is 1. The van der Waals surface area contributed by atoms with Crippen molar-refractivity contribution in [2.45, 2.75) is 57.1 Å². The highest BCUT2D eigenvalue weighted by molar-refractivity contribution is 5.78. The van der Waals surface area contributed by atoms with Crippen molar-refractivity contribution < 1.29 is 9.53 Å². The summed E-state index contributed by atoms with van der Waals surface area (Å²) in [5.41, 5.74) is 5.90. The third kappa shape index (κ3) is 3.96. The maximum Gasteiger partial charge on any atom is 0.223 e. The number of hydrogen-bond acceptors (Lipinski definition) is 3. The highest BCUT2D eigenvalue weighted by atomic mass is 16.5. The highest BCUT2D eigenvalue weighted by Gasteiger charge is 2.25. The smallest absolute Gasteiger partial charge is 0.223 e. The molecule has 2 rings (SSSR count). The van der Waals surface area contributed by atoms with Gasteiger partial charge in [0.1, 0.15) is 0 Å². The minimum Gasteiger partial charge on any atom is -0.376 e. The molecule has 1 heterocycles. The molecule has 1 saturated heterocycles. The maximum absolute atomic E-state index is 12.0. The van der Waals surface area contributed by atoms with E-state index in [1.54, 1.807) is 0 Å². The van der Waals surface area contributed by atoms with Crippen LogP contribution in [-0.4, -0.2) is 31.2 Å². The summed E-state index contributed by atoms with van der Waals surface area (Å²) in [5.74, 6) is 0.302. The predicted molar refractivity (Wildman–Crippen MR) is 66.5 cm³/mol. The SMILES string of the molecule is NC1CCCC(C(=O)NCC2CCCCO2)C1.